The van der Waals surface area contributed by atoms with Crippen molar-refractivity contribution < 1.29 is 14.4 Å². The average molecular weight is 379 g/mol. The predicted molar refractivity (Wildman–Crippen MR) is 104 cm³/mol. The minimum absolute atomic E-state index is 0.0294. The van der Waals surface area contributed by atoms with E-state index in [0.717, 1.165) is 21.5 Å². The highest BCUT2D eigenvalue weighted by Gasteiger charge is 2.34. The summed E-state index contributed by atoms with van der Waals surface area (Å²) in [6.07, 6.45) is 0.970. The van der Waals surface area contributed by atoms with Gasteiger partial charge in [0.1, 0.15) is 0 Å². The van der Waals surface area contributed by atoms with Crippen LogP contribution in [0.1, 0.15) is 39.6 Å². The molecule has 1 aliphatic heterocycles. The monoisotopic (exact) mass is 379 g/mol. The molecular formula is C20H17N3O3S. The molecule has 2 heterocycles. The smallest absolute Gasteiger partial charge is 0.261 e. The van der Waals surface area contributed by atoms with Gasteiger partial charge in [-0.1, -0.05) is 36.5 Å². The Kier molecular flexibility index (Phi) is 4.45. The van der Waals surface area contributed by atoms with Gasteiger partial charge < -0.3 is 5.32 Å². The van der Waals surface area contributed by atoms with Crippen LogP contribution in [-0.2, 0) is 11.2 Å². The minimum atomic E-state index is -0.351. The molecule has 0 aliphatic carbocycles. The van der Waals surface area contributed by atoms with E-state index < -0.39 is 0 Å². The molecule has 1 aromatic heterocycles. The van der Waals surface area contributed by atoms with Crippen molar-refractivity contribution in [1.29, 1.82) is 0 Å². The summed E-state index contributed by atoms with van der Waals surface area (Å²) < 4.78 is 1.02. The molecule has 136 valence electrons. The number of thiazole rings is 1. The molecule has 6 nitrogen and oxygen atoms in total. The maximum Gasteiger partial charge on any atom is 0.261 e. The first kappa shape index (κ1) is 17.4. The van der Waals surface area contributed by atoms with Gasteiger partial charge in [0.2, 0.25) is 5.91 Å². The second-order valence-corrected chi connectivity index (χ2v) is 7.31. The number of carbonyl (C=O) groups is 3. The minimum Gasteiger partial charge on any atom is -0.302 e. The van der Waals surface area contributed by atoms with E-state index in [1.807, 2.05) is 12.1 Å². The van der Waals surface area contributed by atoms with Gasteiger partial charge >= 0.3 is 0 Å². The summed E-state index contributed by atoms with van der Waals surface area (Å²) in [6, 6.07) is 12.7. The highest BCUT2D eigenvalue weighted by molar-refractivity contribution is 7.22. The Hall–Kier alpha value is -3.06. The van der Waals surface area contributed by atoms with Gasteiger partial charge in [-0.15, -0.1) is 0 Å². The molecule has 4 rings (SSSR count). The standard InChI is InChI=1S/C20H17N3O3S/c1-2-12-7-8-15-16(11-12)27-20(21-15)22-17(24)9-10-23-18(25)13-5-3-4-6-14(13)19(23)26/h3-8,11H,2,9-10H2,1H3,(H,21,22,24). The number of fused-ring (bicyclic) bond motifs is 2. The number of hydrogen-bond donors (Lipinski definition) is 1. The number of hydrogen-bond acceptors (Lipinski definition) is 5. The molecule has 2 aromatic carbocycles. The van der Waals surface area contributed by atoms with Crippen LogP contribution in [0.4, 0.5) is 5.13 Å². The fourth-order valence-corrected chi connectivity index (χ4v) is 4.03. The zero-order valence-corrected chi connectivity index (χ0v) is 15.5. The van der Waals surface area contributed by atoms with Crippen LogP contribution in [0.5, 0.6) is 0 Å². The first-order valence-corrected chi connectivity index (χ1v) is 9.53. The number of rotatable bonds is 5. The van der Waals surface area contributed by atoms with E-state index in [9.17, 15) is 14.4 Å². The molecule has 0 saturated carbocycles. The Morgan fingerprint density at radius 1 is 1.11 bits per heavy atom. The van der Waals surface area contributed by atoms with Gasteiger partial charge in [-0.3, -0.25) is 19.3 Å². The number of aromatic nitrogens is 1. The molecule has 3 aromatic rings. The van der Waals surface area contributed by atoms with Gasteiger partial charge in [-0.2, -0.15) is 0 Å². The zero-order valence-electron chi connectivity index (χ0n) is 14.7. The summed E-state index contributed by atoms with van der Waals surface area (Å²) in [5, 5.41) is 3.28. The lowest BCUT2D eigenvalue weighted by molar-refractivity contribution is -0.116. The van der Waals surface area contributed by atoms with Crippen molar-refractivity contribution in [2.24, 2.45) is 0 Å². The van der Waals surface area contributed by atoms with Crippen LogP contribution < -0.4 is 5.32 Å². The molecule has 0 spiro atoms. The normalized spacial score (nSPS) is 13.3. The van der Waals surface area contributed by atoms with Gasteiger partial charge in [-0.25, -0.2) is 4.98 Å². The Balaban J connectivity index is 1.40. The lowest BCUT2D eigenvalue weighted by atomic mass is 10.1. The molecule has 0 atom stereocenters. The number of carbonyl (C=O) groups excluding carboxylic acids is 3. The molecule has 27 heavy (non-hydrogen) atoms. The number of nitrogens with one attached hydrogen (secondary N) is 1. The number of anilines is 1. The molecule has 0 radical (unpaired) electrons. The molecule has 7 heteroatoms. The van der Waals surface area contributed by atoms with E-state index in [4.69, 9.17) is 0 Å². The van der Waals surface area contributed by atoms with Crippen molar-refractivity contribution in [3.8, 4) is 0 Å². The predicted octanol–water partition coefficient (Wildman–Crippen LogP) is 3.48. The van der Waals surface area contributed by atoms with Crippen molar-refractivity contribution in [1.82, 2.24) is 9.88 Å². The molecule has 0 saturated heterocycles. The lowest BCUT2D eigenvalue weighted by Crippen LogP contribution is -2.32. The van der Waals surface area contributed by atoms with Crippen LogP contribution in [0.3, 0.4) is 0 Å². The number of amides is 3. The summed E-state index contributed by atoms with van der Waals surface area (Å²) in [5.41, 5.74) is 2.84. The fourth-order valence-electron chi connectivity index (χ4n) is 3.08. The van der Waals surface area contributed by atoms with Crippen molar-refractivity contribution in [2.45, 2.75) is 19.8 Å². The second kappa shape index (κ2) is 6.92. The number of imide groups is 1. The van der Waals surface area contributed by atoms with Crippen molar-refractivity contribution in [2.75, 3.05) is 11.9 Å². The summed E-state index contributed by atoms with van der Waals surface area (Å²) in [5.74, 6) is -0.979. The first-order valence-electron chi connectivity index (χ1n) is 8.71. The molecule has 3 amide bonds. The van der Waals surface area contributed by atoms with Crippen molar-refractivity contribution in [3.63, 3.8) is 0 Å². The highest BCUT2D eigenvalue weighted by Crippen LogP contribution is 2.27. The van der Waals surface area contributed by atoms with Crippen LogP contribution in [0.25, 0.3) is 10.2 Å². The first-order chi connectivity index (χ1) is 13.1. The molecule has 1 N–H and O–H groups in total. The topological polar surface area (TPSA) is 79.4 Å². The van der Waals surface area contributed by atoms with E-state index in [-0.39, 0.29) is 30.7 Å². The van der Waals surface area contributed by atoms with Gasteiger partial charge in [-0.05, 0) is 36.2 Å². The Morgan fingerprint density at radius 2 is 1.81 bits per heavy atom. The molecule has 1 aliphatic rings. The number of benzene rings is 2. The maximum absolute atomic E-state index is 12.3. The van der Waals surface area contributed by atoms with Crippen LogP contribution in [0, 0.1) is 0 Å². The lowest BCUT2D eigenvalue weighted by Gasteiger charge is -2.12. The van der Waals surface area contributed by atoms with E-state index in [0.29, 0.717) is 16.3 Å². The Labute approximate surface area is 159 Å². The fraction of sp³-hybridized carbons (Fsp3) is 0.200. The Bertz CT molecular complexity index is 1040. The van der Waals surface area contributed by atoms with Gasteiger partial charge in [0.15, 0.2) is 5.13 Å². The molecule has 0 bridgehead atoms. The van der Waals surface area contributed by atoms with Crippen molar-refractivity contribution >= 4 is 44.4 Å². The van der Waals surface area contributed by atoms with E-state index in [1.54, 1.807) is 24.3 Å². The largest absolute Gasteiger partial charge is 0.302 e. The SMILES string of the molecule is CCc1ccc2nc(NC(=O)CCN3C(=O)c4ccccc4C3=O)sc2c1. The average Bonchev–Trinajstić information content (AvgIpc) is 3.18. The summed E-state index contributed by atoms with van der Waals surface area (Å²) in [7, 11) is 0. The molecular weight excluding hydrogens is 362 g/mol. The van der Waals surface area contributed by atoms with Crippen LogP contribution in [-0.4, -0.2) is 34.2 Å². The quantitative estimate of drug-likeness (QED) is 0.688. The third kappa shape index (κ3) is 3.21. The second-order valence-electron chi connectivity index (χ2n) is 6.28. The third-order valence-corrected chi connectivity index (χ3v) is 5.48. The van der Waals surface area contributed by atoms with Crippen LogP contribution >= 0.6 is 11.3 Å². The van der Waals surface area contributed by atoms with Crippen LogP contribution in [0.2, 0.25) is 0 Å². The summed E-state index contributed by atoms with van der Waals surface area (Å²) in [6.45, 7) is 2.13. The molecule has 0 fully saturated rings. The maximum atomic E-state index is 12.3. The van der Waals surface area contributed by atoms with E-state index >= 15 is 0 Å². The van der Waals surface area contributed by atoms with Gasteiger partial charge in [0, 0.05) is 13.0 Å². The van der Waals surface area contributed by atoms with Gasteiger partial charge in [0.05, 0.1) is 21.3 Å². The van der Waals surface area contributed by atoms with Crippen molar-refractivity contribution in [3.05, 3.63) is 59.2 Å². The summed E-state index contributed by atoms with van der Waals surface area (Å²) >= 11 is 1.41. The van der Waals surface area contributed by atoms with E-state index in [1.165, 1.54) is 16.9 Å². The third-order valence-electron chi connectivity index (χ3n) is 4.55. The molecule has 0 unspecified atom stereocenters. The Morgan fingerprint density at radius 3 is 2.48 bits per heavy atom. The summed E-state index contributed by atoms with van der Waals surface area (Å²) in [4.78, 5) is 42.4. The van der Waals surface area contributed by atoms with E-state index in [2.05, 4.69) is 23.3 Å². The number of nitrogens with zero attached hydrogens (tertiary/aromatic N) is 2. The zero-order chi connectivity index (χ0) is 19.0. The number of aryl methyl sites for hydroxylation is 1. The van der Waals surface area contributed by atoms with Gasteiger partial charge in [0.25, 0.3) is 11.8 Å². The van der Waals surface area contributed by atoms with Crippen LogP contribution in [0.15, 0.2) is 42.5 Å². The highest BCUT2D eigenvalue weighted by atomic mass is 32.1.